The van der Waals surface area contributed by atoms with Gasteiger partial charge in [0.15, 0.2) is 0 Å². The van der Waals surface area contributed by atoms with Crippen LogP contribution in [0.4, 0.5) is 0 Å². The standard InChI is InChI=1S/C14H12O3S2/c1-11(15)18-19(16,17)14-9-7-13(8-10-14)12-5-3-2-4-6-12/h2-10H,1H3. The first-order chi connectivity index (χ1) is 8.99. The van der Waals surface area contributed by atoms with E-state index in [1.807, 2.05) is 30.3 Å². The fourth-order valence-corrected chi connectivity index (χ4v) is 4.07. The molecule has 0 spiro atoms. The maximum atomic E-state index is 11.8. The van der Waals surface area contributed by atoms with E-state index in [-0.39, 0.29) is 4.90 Å². The van der Waals surface area contributed by atoms with E-state index in [0.29, 0.717) is 10.8 Å². The minimum atomic E-state index is -3.59. The first-order valence-electron chi connectivity index (χ1n) is 5.59. The van der Waals surface area contributed by atoms with Crippen molar-refractivity contribution in [1.82, 2.24) is 0 Å². The van der Waals surface area contributed by atoms with Crippen molar-refractivity contribution in [2.75, 3.05) is 0 Å². The van der Waals surface area contributed by atoms with Crippen molar-refractivity contribution in [3.63, 3.8) is 0 Å². The van der Waals surface area contributed by atoms with Gasteiger partial charge < -0.3 is 0 Å². The van der Waals surface area contributed by atoms with Gasteiger partial charge in [-0.2, -0.15) is 0 Å². The third-order valence-electron chi connectivity index (χ3n) is 2.48. The average Bonchev–Trinajstić information content (AvgIpc) is 2.38. The van der Waals surface area contributed by atoms with Gasteiger partial charge in [0.2, 0.25) is 14.0 Å². The van der Waals surface area contributed by atoms with E-state index in [9.17, 15) is 13.2 Å². The predicted molar refractivity (Wildman–Crippen MR) is 77.3 cm³/mol. The lowest BCUT2D eigenvalue weighted by molar-refractivity contribution is -0.109. The molecular formula is C14H12O3S2. The summed E-state index contributed by atoms with van der Waals surface area (Å²) in [6, 6.07) is 16.2. The summed E-state index contributed by atoms with van der Waals surface area (Å²) in [5, 5.41) is -0.438. The van der Waals surface area contributed by atoms with Crippen molar-refractivity contribution in [3.05, 3.63) is 54.6 Å². The molecule has 3 nitrogen and oxygen atoms in total. The second kappa shape index (κ2) is 5.59. The summed E-state index contributed by atoms with van der Waals surface area (Å²) < 4.78 is 23.7. The number of benzene rings is 2. The Balaban J connectivity index is 2.32. The van der Waals surface area contributed by atoms with Crippen LogP contribution in [-0.2, 0) is 13.7 Å². The molecule has 0 radical (unpaired) electrons. The van der Waals surface area contributed by atoms with Crippen molar-refractivity contribution in [2.45, 2.75) is 11.8 Å². The Morgan fingerprint density at radius 1 is 0.895 bits per heavy atom. The number of hydrogen-bond acceptors (Lipinski definition) is 4. The van der Waals surface area contributed by atoms with Crippen molar-refractivity contribution in [3.8, 4) is 11.1 Å². The Hall–Kier alpha value is -1.59. The van der Waals surface area contributed by atoms with Gasteiger partial charge in [-0.1, -0.05) is 42.5 Å². The van der Waals surface area contributed by atoms with E-state index < -0.39 is 14.0 Å². The fourth-order valence-electron chi connectivity index (χ4n) is 1.65. The summed E-state index contributed by atoms with van der Waals surface area (Å²) in [5.41, 5.74) is 1.96. The lowest BCUT2D eigenvalue weighted by Crippen LogP contribution is -1.98. The van der Waals surface area contributed by atoms with Crippen LogP contribution in [0.15, 0.2) is 59.5 Å². The van der Waals surface area contributed by atoms with E-state index in [1.54, 1.807) is 12.1 Å². The molecule has 0 heterocycles. The molecule has 5 heteroatoms. The highest BCUT2D eigenvalue weighted by molar-refractivity contribution is 8.77. The minimum absolute atomic E-state index is 0.146. The van der Waals surface area contributed by atoms with Gasteiger partial charge in [-0.15, -0.1) is 0 Å². The molecule has 0 N–H and O–H groups in total. The van der Waals surface area contributed by atoms with Crippen molar-refractivity contribution < 1.29 is 13.2 Å². The molecule has 0 aromatic heterocycles. The predicted octanol–water partition coefficient (Wildman–Crippen LogP) is 3.32. The number of hydrogen-bond donors (Lipinski definition) is 0. The summed E-state index contributed by atoms with van der Waals surface area (Å²) in [4.78, 5) is 11.1. The van der Waals surface area contributed by atoms with Crippen LogP contribution in [0.5, 0.6) is 0 Å². The lowest BCUT2D eigenvalue weighted by atomic mass is 10.1. The third-order valence-corrected chi connectivity index (χ3v) is 5.72. The summed E-state index contributed by atoms with van der Waals surface area (Å²) in [6.45, 7) is 1.24. The summed E-state index contributed by atoms with van der Waals surface area (Å²) in [7, 11) is -3.25. The quantitative estimate of drug-likeness (QED) is 0.814. The molecular weight excluding hydrogens is 280 g/mol. The van der Waals surface area contributed by atoms with Gasteiger partial charge in [0, 0.05) is 17.7 Å². The Morgan fingerprint density at radius 3 is 1.95 bits per heavy atom. The monoisotopic (exact) mass is 292 g/mol. The van der Waals surface area contributed by atoms with Gasteiger partial charge in [0.1, 0.15) is 0 Å². The van der Waals surface area contributed by atoms with Crippen molar-refractivity contribution in [2.24, 2.45) is 0 Å². The smallest absolute Gasteiger partial charge is 0.237 e. The van der Waals surface area contributed by atoms with Gasteiger partial charge >= 0.3 is 0 Å². The first-order valence-corrected chi connectivity index (χ1v) is 8.41. The Labute approximate surface area is 116 Å². The number of rotatable bonds is 3. The second-order valence-corrected chi connectivity index (χ2v) is 7.86. The van der Waals surface area contributed by atoms with E-state index in [4.69, 9.17) is 0 Å². The van der Waals surface area contributed by atoms with Crippen LogP contribution in [-0.4, -0.2) is 13.5 Å². The lowest BCUT2D eigenvalue weighted by Gasteiger charge is -2.04. The Morgan fingerprint density at radius 2 is 1.42 bits per heavy atom. The molecule has 0 saturated carbocycles. The molecule has 0 aliphatic heterocycles. The van der Waals surface area contributed by atoms with E-state index in [2.05, 4.69) is 0 Å². The molecule has 2 aromatic carbocycles. The molecule has 0 fully saturated rings. The molecule has 0 aliphatic carbocycles. The molecule has 0 bridgehead atoms. The highest BCUT2D eigenvalue weighted by Crippen LogP contribution is 2.26. The first kappa shape index (κ1) is 13.8. The molecule has 0 saturated heterocycles. The number of carbonyl (C=O) groups is 1. The van der Waals surface area contributed by atoms with Crippen LogP contribution < -0.4 is 0 Å². The second-order valence-electron chi connectivity index (χ2n) is 3.92. The molecule has 98 valence electrons. The molecule has 2 rings (SSSR count). The topological polar surface area (TPSA) is 51.2 Å². The van der Waals surface area contributed by atoms with Gasteiger partial charge in [0.25, 0.3) is 0 Å². The summed E-state index contributed by atoms with van der Waals surface area (Å²) in [6.07, 6.45) is 0. The van der Waals surface area contributed by atoms with E-state index >= 15 is 0 Å². The highest BCUT2D eigenvalue weighted by atomic mass is 33.1. The summed E-state index contributed by atoms with van der Waals surface area (Å²) in [5.74, 6) is 0. The van der Waals surface area contributed by atoms with Crippen molar-refractivity contribution in [1.29, 1.82) is 0 Å². The van der Waals surface area contributed by atoms with Crippen LogP contribution in [0, 0.1) is 0 Å². The molecule has 2 aromatic rings. The summed E-state index contributed by atoms with van der Waals surface area (Å²) >= 11 is 0. The van der Waals surface area contributed by atoms with E-state index in [1.165, 1.54) is 19.1 Å². The SMILES string of the molecule is CC(=O)SS(=O)(=O)c1ccc(-c2ccccc2)cc1. The van der Waals surface area contributed by atoms with Crippen molar-refractivity contribution >= 4 is 24.8 Å². The zero-order valence-corrected chi connectivity index (χ0v) is 11.9. The molecule has 0 aliphatic rings. The van der Waals surface area contributed by atoms with Gasteiger partial charge in [0.05, 0.1) is 4.90 Å². The zero-order chi connectivity index (χ0) is 13.9. The van der Waals surface area contributed by atoms with Crippen LogP contribution in [0.25, 0.3) is 11.1 Å². The molecule has 0 amide bonds. The zero-order valence-electron chi connectivity index (χ0n) is 10.2. The van der Waals surface area contributed by atoms with Crippen LogP contribution in [0.3, 0.4) is 0 Å². The van der Waals surface area contributed by atoms with Gasteiger partial charge in [-0.3, -0.25) is 4.79 Å². The van der Waals surface area contributed by atoms with Crippen LogP contribution in [0.1, 0.15) is 6.92 Å². The normalized spacial score (nSPS) is 11.2. The van der Waals surface area contributed by atoms with Crippen LogP contribution in [0.2, 0.25) is 0 Å². The Bertz CT molecular complexity index is 674. The Kier molecular flexibility index (Phi) is 4.07. The largest absolute Gasteiger partial charge is 0.286 e. The fraction of sp³-hybridized carbons (Fsp3) is 0.0714. The third kappa shape index (κ3) is 3.45. The van der Waals surface area contributed by atoms with E-state index in [0.717, 1.165) is 11.1 Å². The molecule has 19 heavy (non-hydrogen) atoms. The highest BCUT2D eigenvalue weighted by Gasteiger charge is 2.17. The maximum absolute atomic E-state index is 11.8. The van der Waals surface area contributed by atoms with Gasteiger partial charge in [-0.05, 0) is 23.3 Å². The van der Waals surface area contributed by atoms with Gasteiger partial charge in [-0.25, -0.2) is 8.42 Å². The number of carbonyl (C=O) groups excluding carboxylic acids is 1. The average molecular weight is 292 g/mol. The molecule has 0 unspecified atom stereocenters. The molecule has 0 atom stereocenters. The maximum Gasteiger partial charge on any atom is 0.237 e. The van der Waals surface area contributed by atoms with Crippen LogP contribution >= 0.6 is 10.8 Å². The minimum Gasteiger partial charge on any atom is -0.286 e.